The fraction of sp³-hybridized carbons (Fsp3) is 0.343. The number of carbonyl (C=O) groups is 1. The molecule has 12 heteroatoms. The zero-order valence-electron chi connectivity index (χ0n) is 26.3. The third-order valence-electron chi connectivity index (χ3n) is 10.3. The summed E-state index contributed by atoms with van der Waals surface area (Å²) >= 11 is 1.37. The number of hydrogen-bond donors (Lipinski definition) is 2. The fourth-order valence-electron chi connectivity index (χ4n) is 7.62. The standard InChI is InChI=1S/C35H35N9O2S/c1-42-30-25(13-23(15-28(30)46-2)34(45)44-17-22-10-12-26(44)29(22)36)39-32(42)27-14-21-9-11-24(38-31(21)43(27)16-18-3-4-18)19-5-7-20(8-6-19)33-40-41-35(37)47-33/h5-9,11,13-15,18,22,26,29H,3-4,10,12,16-17,36H2,1-2H3,(H2,37,41)/t22?,26?,29-/m1/s1. The van der Waals surface area contributed by atoms with E-state index in [1.807, 2.05) is 36.2 Å². The van der Waals surface area contributed by atoms with Crippen molar-refractivity contribution in [3.8, 4) is 39.1 Å². The lowest BCUT2D eigenvalue weighted by molar-refractivity contribution is 0.0700. The van der Waals surface area contributed by atoms with Gasteiger partial charge in [0.1, 0.15) is 21.9 Å². The van der Waals surface area contributed by atoms with Crippen LogP contribution in [0.1, 0.15) is 36.0 Å². The molecule has 0 spiro atoms. The maximum atomic E-state index is 13.8. The number of aromatic nitrogens is 6. The van der Waals surface area contributed by atoms with Gasteiger partial charge in [-0.3, -0.25) is 4.79 Å². The molecule has 1 aliphatic heterocycles. The van der Waals surface area contributed by atoms with Crippen LogP contribution < -0.4 is 16.2 Å². The SMILES string of the molecule is COc1cc(C(=O)N2CC3CCC2[C@@H]3N)cc2nc(-c3cc4ccc(-c5ccc(-c6nnc(N)s6)cc5)nc4n3CC3CC3)n(C)c12. The second-order valence-electron chi connectivity index (χ2n) is 13.2. The number of likely N-dealkylation sites (tertiary alicyclic amines) is 1. The first-order valence-electron chi connectivity index (χ1n) is 16.2. The molecular weight excluding hydrogens is 611 g/mol. The molecule has 2 unspecified atom stereocenters. The van der Waals surface area contributed by atoms with Crippen LogP contribution in [-0.4, -0.2) is 65.8 Å². The lowest BCUT2D eigenvalue weighted by Crippen LogP contribution is -2.41. The Hall–Kier alpha value is -4.81. The molecule has 5 heterocycles. The van der Waals surface area contributed by atoms with Crippen molar-refractivity contribution in [3.05, 3.63) is 60.2 Å². The van der Waals surface area contributed by atoms with Gasteiger partial charge in [-0.05, 0) is 67.9 Å². The molecule has 11 nitrogen and oxygen atoms in total. The fourth-order valence-corrected chi connectivity index (χ4v) is 8.23. The summed E-state index contributed by atoms with van der Waals surface area (Å²) < 4.78 is 10.3. The van der Waals surface area contributed by atoms with Crippen LogP contribution in [0.25, 0.3) is 55.4 Å². The van der Waals surface area contributed by atoms with Gasteiger partial charge in [0, 0.05) is 54.3 Å². The minimum Gasteiger partial charge on any atom is -0.494 e. The molecule has 2 saturated carbocycles. The summed E-state index contributed by atoms with van der Waals surface area (Å²) in [5.41, 5.74) is 19.2. The molecule has 4 N–H and O–H groups in total. The van der Waals surface area contributed by atoms with E-state index in [1.165, 1.54) is 24.2 Å². The summed E-state index contributed by atoms with van der Waals surface area (Å²) in [6.45, 7) is 1.59. The quantitative estimate of drug-likeness (QED) is 0.237. The Morgan fingerprint density at radius 3 is 2.49 bits per heavy atom. The third kappa shape index (κ3) is 4.61. The number of nitrogens with zero attached hydrogens (tertiary/aromatic N) is 7. The van der Waals surface area contributed by atoms with Gasteiger partial charge >= 0.3 is 0 Å². The minimum absolute atomic E-state index is 0.000103. The number of benzene rings is 2. The summed E-state index contributed by atoms with van der Waals surface area (Å²) in [5.74, 6) is 2.44. The van der Waals surface area contributed by atoms with Gasteiger partial charge in [0.05, 0.1) is 24.0 Å². The molecule has 1 saturated heterocycles. The van der Waals surface area contributed by atoms with E-state index in [2.05, 4.69) is 49.7 Å². The van der Waals surface area contributed by atoms with Crippen molar-refractivity contribution in [2.45, 2.75) is 44.3 Å². The maximum absolute atomic E-state index is 13.8. The highest BCUT2D eigenvalue weighted by atomic mass is 32.1. The molecule has 6 aromatic rings. The monoisotopic (exact) mass is 645 g/mol. The van der Waals surface area contributed by atoms with Gasteiger partial charge < -0.3 is 30.2 Å². The topological polar surface area (TPSA) is 143 Å². The predicted octanol–water partition coefficient (Wildman–Crippen LogP) is 5.34. The van der Waals surface area contributed by atoms with Crippen molar-refractivity contribution in [2.24, 2.45) is 24.6 Å². The molecular formula is C35H35N9O2S. The van der Waals surface area contributed by atoms with Crippen molar-refractivity contribution in [3.63, 3.8) is 0 Å². The van der Waals surface area contributed by atoms with Crippen LogP contribution in [0.3, 0.4) is 0 Å². The second-order valence-corrected chi connectivity index (χ2v) is 14.2. The highest BCUT2D eigenvalue weighted by Gasteiger charge is 2.47. The minimum atomic E-state index is 0.000103. The number of ether oxygens (including phenoxy) is 1. The summed E-state index contributed by atoms with van der Waals surface area (Å²) in [6.07, 6.45) is 4.48. The van der Waals surface area contributed by atoms with E-state index in [-0.39, 0.29) is 18.0 Å². The Labute approximate surface area is 275 Å². The molecule has 3 fully saturated rings. The van der Waals surface area contributed by atoms with E-state index in [0.29, 0.717) is 28.3 Å². The number of methoxy groups -OCH3 is 1. The van der Waals surface area contributed by atoms with Crippen molar-refractivity contribution in [1.82, 2.24) is 34.2 Å². The third-order valence-corrected chi connectivity index (χ3v) is 11.1. The average molecular weight is 646 g/mol. The molecule has 238 valence electrons. The Kier molecular flexibility index (Phi) is 6.41. The molecule has 9 rings (SSSR count). The summed E-state index contributed by atoms with van der Waals surface area (Å²) in [7, 11) is 3.66. The first-order chi connectivity index (χ1) is 22.9. The van der Waals surface area contributed by atoms with E-state index in [1.54, 1.807) is 7.11 Å². The number of nitrogens with two attached hydrogens (primary N) is 2. The van der Waals surface area contributed by atoms with Gasteiger partial charge in [-0.15, -0.1) is 10.2 Å². The first kappa shape index (κ1) is 28.4. The Morgan fingerprint density at radius 2 is 1.81 bits per heavy atom. The summed E-state index contributed by atoms with van der Waals surface area (Å²) in [6, 6.07) is 18.5. The zero-order valence-corrected chi connectivity index (χ0v) is 27.1. The molecule has 2 aliphatic carbocycles. The van der Waals surface area contributed by atoms with E-state index in [4.69, 9.17) is 26.2 Å². The second kappa shape index (κ2) is 10.6. The van der Waals surface area contributed by atoms with E-state index < -0.39 is 0 Å². The van der Waals surface area contributed by atoms with E-state index >= 15 is 0 Å². The number of carbonyl (C=O) groups excluding carboxylic acids is 1. The Morgan fingerprint density at radius 1 is 1.00 bits per heavy atom. The summed E-state index contributed by atoms with van der Waals surface area (Å²) in [4.78, 5) is 26.1. The number of hydrogen-bond acceptors (Lipinski definition) is 9. The van der Waals surface area contributed by atoms with Gasteiger partial charge in [-0.2, -0.15) is 0 Å². The molecule has 2 aromatic carbocycles. The van der Waals surface area contributed by atoms with Gasteiger partial charge in [0.15, 0.2) is 5.82 Å². The smallest absolute Gasteiger partial charge is 0.254 e. The highest BCUT2D eigenvalue weighted by molar-refractivity contribution is 7.18. The Balaban J connectivity index is 1.11. The number of aryl methyl sites for hydroxylation is 1. The molecule has 3 atom stereocenters. The molecule has 4 aromatic heterocycles. The summed E-state index contributed by atoms with van der Waals surface area (Å²) in [5, 5.41) is 10.4. The van der Waals surface area contributed by atoms with Crippen LogP contribution in [0, 0.1) is 11.8 Å². The van der Waals surface area contributed by atoms with Crippen LogP contribution in [0.15, 0.2) is 54.6 Å². The van der Waals surface area contributed by atoms with Crippen LogP contribution in [0.5, 0.6) is 5.75 Å². The van der Waals surface area contributed by atoms with Crippen molar-refractivity contribution in [1.29, 1.82) is 0 Å². The molecule has 3 aliphatic rings. The number of anilines is 1. The van der Waals surface area contributed by atoms with Crippen LogP contribution in [-0.2, 0) is 13.6 Å². The molecule has 47 heavy (non-hydrogen) atoms. The number of piperidine rings is 1. The first-order valence-corrected chi connectivity index (χ1v) is 17.0. The van der Waals surface area contributed by atoms with Gasteiger partial charge in [-0.1, -0.05) is 35.6 Å². The van der Waals surface area contributed by atoms with Crippen molar-refractivity contribution >= 4 is 44.4 Å². The van der Waals surface area contributed by atoms with Crippen LogP contribution in [0.2, 0.25) is 0 Å². The lowest BCUT2D eigenvalue weighted by Gasteiger charge is -2.27. The van der Waals surface area contributed by atoms with Gasteiger partial charge in [0.2, 0.25) is 5.13 Å². The number of fused-ring (bicyclic) bond motifs is 4. The van der Waals surface area contributed by atoms with E-state index in [0.717, 1.165) is 81.3 Å². The highest BCUT2D eigenvalue weighted by Crippen LogP contribution is 2.40. The largest absolute Gasteiger partial charge is 0.494 e. The number of nitrogen functional groups attached to an aromatic ring is 1. The van der Waals surface area contributed by atoms with Crippen LogP contribution in [0.4, 0.5) is 5.13 Å². The average Bonchev–Trinajstić information content (AvgIpc) is 3.34. The zero-order chi connectivity index (χ0) is 32.0. The molecule has 2 bridgehead atoms. The number of amides is 1. The maximum Gasteiger partial charge on any atom is 0.254 e. The van der Waals surface area contributed by atoms with Crippen molar-refractivity contribution < 1.29 is 9.53 Å². The Bertz CT molecular complexity index is 2200. The van der Waals surface area contributed by atoms with Gasteiger partial charge in [-0.25, -0.2) is 9.97 Å². The lowest BCUT2D eigenvalue weighted by atomic mass is 10.1. The molecule has 1 amide bonds. The predicted molar refractivity (Wildman–Crippen MR) is 183 cm³/mol. The van der Waals surface area contributed by atoms with Crippen LogP contribution >= 0.6 is 11.3 Å². The van der Waals surface area contributed by atoms with Gasteiger partial charge in [0.25, 0.3) is 5.91 Å². The number of imidazole rings is 1. The molecule has 0 radical (unpaired) electrons. The number of pyridine rings is 1. The number of rotatable bonds is 7. The van der Waals surface area contributed by atoms with Crippen molar-refractivity contribution in [2.75, 3.05) is 19.4 Å². The normalized spacial score (nSPS) is 20.6. The van der Waals surface area contributed by atoms with E-state index in [9.17, 15) is 4.79 Å².